The number of nitrogens with zero attached hydrogens (tertiary/aromatic N) is 3. The highest BCUT2D eigenvalue weighted by molar-refractivity contribution is 5.92. The first-order valence-corrected chi connectivity index (χ1v) is 8.83. The number of carbonyl (C=O) groups is 2. The largest absolute Gasteiger partial charge is 0.468 e. The monoisotopic (exact) mass is 410 g/mol. The summed E-state index contributed by atoms with van der Waals surface area (Å²) in [6.07, 6.45) is -3.09. The van der Waals surface area contributed by atoms with Gasteiger partial charge in [0.2, 0.25) is 5.88 Å². The molecule has 0 unspecified atom stereocenters. The van der Waals surface area contributed by atoms with Crippen LogP contribution in [0.3, 0.4) is 0 Å². The van der Waals surface area contributed by atoms with Crippen molar-refractivity contribution in [3.05, 3.63) is 47.2 Å². The minimum atomic E-state index is -4.44. The van der Waals surface area contributed by atoms with Crippen LogP contribution in [0.1, 0.15) is 41.4 Å². The zero-order valence-corrected chi connectivity index (χ0v) is 16.2. The Morgan fingerprint density at radius 3 is 2.52 bits per heavy atom. The number of pyridine rings is 1. The number of aryl methyl sites for hydroxylation is 1. The quantitative estimate of drug-likeness (QED) is 0.719. The van der Waals surface area contributed by atoms with Gasteiger partial charge in [-0.2, -0.15) is 13.2 Å². The molecule has 7 nitrogen and oxygen atoms in total. The van der Waals surface area contributed by atoms with E-state index in [1.165, 1.54) is 24.4 Å². The van der Waals surface area contributed by atoms with E-state index in [1.54, 1.807) is 20.8 Å². The molecule has 0 saturated carbocycles. The van der Waals surface area contributed by atoms with Crippen molar-refractivity contribution in [2.24, 2.45) is 5.92 Å². The molecular formula is C19H21F3N4O3. The predicted octanol–water partition coefficient (Wildman–Crippen LogP) is 2.82. The molecule has 2 rings (SSSR count). The molecule has 2 aromatic heterocycles. The zero-order valence-electron chi connectivity index (χ0n) is 16.2. The Hall–Kier alpha value is -3.04. The van der Waals surface area contributed by atoms with Crippen molar-refractivity contribution >= 4 is 11.7 Å². The molecular weight excluding hydrogens is 389 g/mol. The fourth-order valence-corrected chi connectivity index (χ4v) is 2.21. The van der Waals surface area contributed by atoms with Crippen LogP contribution in [0.4, 0.5) is 13.2 Å². The number of hydrogen-bond acceptors (Lipinski definition) is 6. The number of halogens is 3. The van der Waals surface area contributed by atoms with E-state index in [0.717, 1.165) is 0 Å². The first-order valence-electron chi connectivity index (χ1n) is 8.83. The Balaban J connectivity index is 1.96. The molecule has 0 saturated heterocycles. The molecule has 0 fully saturated rings. The molecule has 0 aliphatic heterocycles. The first-order chi connectivity index (χ1) is 13.5. The highest BCUT2D eigenvalue weighted by Crippen LogP contribution is 2.17. The van der Waals surface area contributed by atoms with Gasteiger partial charge in [0, 0.05) is 30.4 Å². The third-order valence-corrected chi connectivity index (χ3v) is 3.74. The number of carbonyl (C=O) groups excluding carboxylic acids is 2. The van der Waals surface area contributed by atoms with Crippen molar-refractivity contribution in [3.63, 3.8) is 0 Å². The lowest BCUT2D eigenvalue weighted by Crippen LogP contribution is -2.25. The molecule has 0 aliphatic rings. The number of ether oxygens (including phenoxy) is 1. The van der Waals surface area contributed by atoms with E-state index in [9.17, 15) is 22.8 Å². The molecule has 29 heavy (non-hydrogen) atoms. The average Bonchev–Trinajstić information content (AvgIpc) is 2.64. The van der Waals surface area contributed by atoms with Crippen LogP contribution in [0.25, 0.3) is 0 Å². The molecule has 0 spiro atoms. The minimum absolute atomic E-state index is 0.0270. The second-order valence-corrected chi connectivity index (χ2v) is 6.70. The third kappa shape index (κ3) is 7.47. The third-order valence-electron chi connectivity index (χ3n) is 3.74. The Morgan fingerprint density at radius 2 is 1.93 bits per heavy atom. The zero-order chi connectivity index (χ0) is 21.6. The van der Waals surface area contributed by atoms with Crippen molar-refractivity contribution in [2.45, 2.75) is 39.9 Å². The highest BCUT2D eigenvalue weighted by atomic mass is 19.4. The summed E-state index contributed by atoms with van der Waals surface area (Å²) in [6.45, 7) is 3.92. The van der Waals surface area contributed by atoms with E-state index in [-0.39, 0.29) is 42.1 Å². The lowest BCUT2D eigenvalue weighted by molar-refractivity contribution is -0.154. The number of rotatable bonds is 8. The molecule has 10 heteroatoms. The molecule has 0 bridgehead atoms. The van der Waals surface area contributed by atoms with Gasteiger partial charge in [0.05, 0.1) is 6.42 Å². The topological polar surface area (TPSA) is 94.1 Å². The number of aromatic nitrogens is 3. The van der Waals surface area contributed by atoms with Crippen LogP contribution in [0.2, 0.25) is 0 Å². The maximum absolute atomic E-state index is 12.4. The summed E-state index contributed by atoms with van der Waals surface area (Å²) in [5.41, 5.74) is 1.25. The number of Topliss-reactive ketones (excluding diaryl/α,β-unsaturated/α-hetero) is 1. The fraction of sp³-hybridized carbons (Fsp3) is 0.421. The molecule has 0 aliphatic carbocycles. The van der Waals surface area contributed by atoms with Crippen LogP contribution in [0.15, 0.2) is 24.4 Å². The van der Waals surface area contributed by atoms with Crippen LogP contribution < -0.4 is 10.1 Å². The van der Waals surface area contributed by atoms with E-state index in [1.807, 2.05) is 0 Å². The van der Waals surface area contributed by atoms with E-state index < -0.39 is 18.7 Å². The molecule has 1 amide bonds. The van der Waals surface area contributed by atoms with Gasteiger partial charge in [0.25, 0.3) is 5.91 Å². The fourth-order valence-electron chi connectivity index (χ4n) is 2.21. The van der Waals surface area contributed by atoms with E-state index >= 15 is 0 Å². The van der Waals surface area contributed by atoms with Gasteiger partial charge in [0.15, 0.2) is 6.61 Å². The number of ketones is 1. The van der Waals surface area contributed by atoms with Gasteiger partial charge < -0.3 is 10.1 Å². The van der Waals surface area contributed by atoms with Gasteiger partial charge in [0.1, 0.15) is 17.3 Å². The molecule has 0 atom stereocenters. The summed E-state index contributed by atoms with van der Waals surface area (Å²) in [6, 6.07) is 4.29. The summed E-state index contributed by atoms with van der Waals surface area (Å²) in [7, 11) is 0. The van der Waals surface area contributed by atoms with Gasteiger partial charge in [-0.25, -0.2) is 15.0 Å². The van der Waals surface area contributed by atoms with Crippen molar-refractivity contribution in [1.29, 1.82) is 0 Å². The molecule has 0 radical (unpaired) electrons. The van der Waals surface area contributed by atoms with Crippen LogP contribution >= 0.6 is 0 Å². The summed E-state index contributed by atoms with van der Waals surface area (Å²) < 4.78 is 40.9. The summed E-state index contributed by atoms with van der Waals surface area (Å²) in [4.78, 5) is 36.4. The number of amides is 1. The van der Waals surface area contributed by atoms with Crippen LogP contribution in [-0.4, -0.2) is 39.4 Å². The lowest BCUT2D eigenvalue weighted by Gasteiger charge is -2.10. The van der Waals surface area contributed by atoms with Crippen LogP contribution in [0.5, 0.6) is 5.88 Å². The second-order valence-electron chi connectivity index (χ2n) is 6.70. The Bertz CT molecular complexity index is 868. The molecule has 1 N–H and O–H groups in total. The van der Waals surface area contributed by atoms with Crippen molar-refractivity contribution < 1.29 is 27.5 Å². The lowest BCUT2D eigenvalue weighted by atomic mass is 10.1. The minimum Gasteiger partial charge on any atom is -0.468 e. The van der Waals surface area contributed by atoms with Gasteiger partial charge >= 0.3 is 6.18 Å². The number of hydrogen-bond donors (Lipinski definition) is 1. The van der Waals surface area contributed by atoms with Crippen molar-refractivity contribution in [1.82, 2.24) is 20.3 Å². The Labute approximate surface area is 165 Å². The average molecular weight is 410 g/mol. The summed E-state index contributed by atoms with van der Waals surface area (Å²) in [5.74, 6) is -0.538. The Morgan fingerprint density at radius 1 is 1.21 bits per heavy atom. The SMILES string of the molecule is Cc1cc(C(=O)NCc2ccc(OCC(F)(F)F)nc2)nc(CC(=O)C(C)C)n1. The smallest absolute Gasteiger partial charge is 0.422 e. The number of alkyl halides is 3. The summed E-state index contributed by atoms with van der Waals surface area (Å²) >= 11 is 0. The van der Waals surface area contributed by atoms with E-state index in [2.05, 4.69) is 25.0 Å². The number of nitrogens with one attached hydrogen (secondary N) is 1. The van der Waals surface area contributed by atoms with Crippen molar-refractivity contribution in [3.8, 4) is 5.88 Å². The van der Waals surface area contributed by atoms with E-state index in [4.69, 9.17) is 0 Å². The van der Waals surface area contributed by atoms with Gasteiger partial charge in [-0.05, 0) is 18.6 Å². The van der Waals surface area contributed by atoms with Gasteiger partial charge in [-0.3, -0.25) is 9.59 Å². The van der Waals surface area contributed by atoms with Gasteiger partial charge in [-0.15, -0.1) is 0 Å². The standard InChI is InChI=1S/C19H21F3N4O3/c1-11(2)15(27)7-16-25-12(3)6-14(26-16)18(28)24-9-13-4-5-17(23-8-13)29-10-19(20,21)22/h4-6,8,11H,7,9-10H2,1-3H3,(H,24,28). The summed E-state index contributed by atoms with van der Waals surface area (Å²) in [5, 5.41) is 2.65. The molecule has 2 heterocycles. The van der Waals surface area contributed by atoms with E-state index in [0.29, 0.717) is 11.3 Å². The molecule has 0 aromatic carbocycles. The maximum Gasteiger partial charge on any atom is 0.422 e. The van der Waals surface area contributed by atoms with Crippen LogP contribution in [-0.2, 0) is 17.8 Å². The molecule has 156 valence electrons. The predicted molar refractivity (Wildman–Crippen MR) is 97.3 cm³/mol. The normalized spacial score (nSPS) is 11.4. The van der Waals surface area contributed by atoms with Crippen molar-refractivity contribution in [2.75, 3.05) is 6.61 Å². The van der Waals surface area contributed by atoms with Crippen LogP contribution in [0, 0.1) is 12.8 Å². The second kappa shape index (κ2) is 9.44. The Kier molecular flexibility index (Phi) is 7.24. The highest BCUT2D eigenvalue weighted by Gasteiger charge is 2.28. The molecule has 2 aromatic rings. The first kappa shape index (κ1) is 22.3. The maximum atomic E-state index is 12.4. The van der Waals surface area contributed by atoms with Gasteiger partial charge in [-0.1, -0.05) is 19.9 Å².